The van der Waals surface area contributed by atoms with Crippen molar-refractivity contribution >= 4 is 23.5 Å². The van der Waals surface area contributed by atoms with Crippen molar-refractivity contribution in [3.8, 4) is 12.3 Å². The number of carbonyl (C=O) groups excluding carboxylic acids is 3. The zero-order chi connectivity index (χ0) is 22.5. The Morgan fingerprint density at radius 2 is 2.06 bits per heavy atom. The second-order valence-electron chi connectivity index (χ2n) is 6.60. The van der Waals surface area contributed by atoms with Crippen molar-refractivity contribution in [2.75, 3.05) is 0 Å². The van der Waals surface area contributed by atoms with E-state index in [0.29, 0.717) is 11.1 Å². The second kappa shape index (κ2) is 9.00. The Hall–Kier alpha value is -4.33. The molecule has 3 rings (SSSR count). The quantitative estimate of drug-likeness (QED) is 0.460. The molecule has 0 saturated carbocycles. The first-order valence-corrected chi connectivity index (χ1v) is 9.07. The standard InChI is InChI=1S/C20H18FN7O3/c1-3-4-14(17(22)29)26-19(31)16-8-15(27-20-24-10-25-28(16)20)18(30)23-9-12-5-6-13(21)11(2)7-12/h1,5-8,10,14H,4,9H2,2H3,(H2,22,29)(H,23,30)(H,26,31)/t14-/m1/s1. The monoisotopic (exact) mass is 423 g/mol. The van der Waals surface area contributed by atoms with E-state index in [-0.39, 0.29) is 35.9 Å². The maximum atomic E-state index is 13.4. The van der Waals surface area contributed by atoms with Gasteiger partial charge >= 0.3 is 0 Å². The van der Waals surface area contributed by atoms with Crippen molar-refractivity contribution in [1.82, 2.24) is 30.2 Å². The largest absolute Gasteiger partial charge is 0.368 e. The average molecular weight is 423 g/mol. The summed E-state index contributed by atoms with van der Waals surface area (Å²) >= 11 is 0. The van der Waals surface area contributed by atoms with Crippen LogP contribution < -0.4 is 16.4 Å². The molecular formula is C20H18FN7O3. The summed E-state index contributed by atoms with van der Waals surface area (Å²) in [6.07, 6.45) is 6.26. The minimum Gasteiger partial charge on any atom is -0.368 e. The Morgan fingerprint density at radius 3 is 2.74 bits per heavy atom. The predicted molar refractivity (Wildman–Crippen MR) is 107 cm³/mol. The van der Waals surface area contributed by atoms with Gasteiger partial charge in [-0.1, -0.05) is 12.1 Å². The summed E-state index contributed by atoms with van der Waals surface area (Å²) in [7, 11) is 0. The molecule has 1 atom stereocenters. The van der Waals surface area contributed by atoms with E-state index in [9.17, 15) is 18.8 Å². The molecule has 2 aromatic heterocycles. The van der Waals surface area contributed by atoms with Crippen molar-refractivity contribution < 1.29 is 18.8 Å². The molecular weight excluding hydrogens is 405 g/mol. The predicted octanol–water partition coefficient (Wildman–Crippen LogP) is 0.109. The average Bonchev–Trinajstić information content (AvgIpc) is 3.21. The molecule has 3 aromatic rings. The van der Waals surface area contributed by atoms with Crippen LogP contribution in [0.25, 0.3) is 5.78 Å². The number of aromatic nitrogens is 4. The van der Waals surface area contributed by atoms with Crippen molar-refractivity contribution in [3.05, 3.63) is 58.9 Å². The lowest BCUT2D eigenvalue weighted by Gasteiger charge is -2.13. The molecule has 0 unspecified atom stereocenters. The van der Waals surface area contributed by atoms with Crippen molar-refractivity contribution in [2.45, 2.75) is 25.9 Å². The summed E-state index contributed by atoms with van der Waals surface area (Å²) in [6, 6.07) is 4.58. The molecule has 2 heterocycles. The van der Waals surface area contributed by atoms with Gasteiger partial charge in [0.05, 0.1) is 0 Å². The lowest BCUT2D eigenvalue weighted by molar-refractivity contribution is -0.119. The van der Waals surface area contributed by atoms with Gasteiger partial charge in [0.1, 0.15) is 29.6 Å². The number of terminal acetylenes is 1. The Balaban J connectivity index is 1.84. The lowest BCUT2D eigenvalue weighted by Crippen LogP contribution is -2.44. The highest BCUT2D eigenvalue weighted by molar-refractivity contribution is 5.99. The first kappa shape index (κ1) is 21.4. The van der Waals surface area contributed by atoms with Crippen molar-refractivity contribution in [3.63, 3.8) is 0 Å². The van der Waals surface area contributed by atoms with E-state index in [1.54, 1.807) is 19.1 Å². The third-order valence-electron chi connectivity index (χ3n) is 4.36. The van der Waals surface area contributed by atoms with Crippen LogP contribution in [0.1, 0.15) is 38.5 Å². The lowest BCUT2D eigenvalue weighted by atomic mass is 10.1. The number of aryl methyl sites for hydroxylation is 1. The summed E-state index contributed by atoms with van der Waals surface area (Å²) < 4.78 is 14.5. The van der Waals surface area contributed by atoms with Gasteiger partial charge in [-0.3, -0.25) is 14.4 Å². The summed E-state index contributed by atoms with van der Waals surface area (Å²) in [6.45, 7) is 1.73. The van der Waals surface area contributed by atoms with Crippen LogP contribution in [-0.4, -0.2) is 43.3 Å². The van der Waals surface area contributed by atoms with Crippen LogP contribution in [0.4, 0.5) is 4.39 Å². The third-order valence-corrected chi connectivity index (χ3v) is 4.36. The second-order valence-corrected chi connectivity index (χ2v) is 6.60. The number of nitrogens with zero attached hydrogens (tertiary/aromatic N) is 4. The Kier molecular flexibility index (Phi) is 6.21. The molecule has 158 valence electrons. The zero-order valence-electron chi connectivity index (χ0n) is 16.4. The summed E-state index contributed by atoms with van der Waals surface area (Å²) in [5, 5.41) is 8.97. The molecule has 0 spiro atoms. The fourth-order valence-corrected chi connectivity index (χ4v) is 2.75. The summed E-state index contributed by atoms with van der Waals surface area (Å²) in [5.41, 5.74) is 6.20. The van der Waals surface area contributed by atoms with Gasteiger partial charge in [0, 0.05) is 19.0 Å². The molecule has 0 aliphatic heterocycles. The van der Waals surface area contributed by atoms with Crippen LogP contribution in [-0.2, 0) is 11.3 Å². The number of primary amides is 1. The molecule has 31 heavy (non-hydrogen) atoms. The highest BCUT2D eigenvalue weighted by Gasteiger charge is 2.22. The van der Waals surface area contributed by atoms with Crippen molar-refractivity contribution in [2.24, 2.45) is 5.73 Å². The molecule has 0 bridgehead atoms. The Labute approximate surface area is 176 Å². The molecule has 0 radical (unpaired) electrons. The fraction of sp³-hybridized carbons (Fsp3) is 0.200. The molecule has 11 heteroatoms. The first-order chi connectivity index (χ1) is 14.8. The number of hydrogen-bond donors (Lipinski definition) is 3. The van der Waals surface area contributed by atoms with Crippen LogP contribution in [0.2, 0.25) is 0 Å². The van der Waals surface area contributed by atoms with Crippen LogP contribution in [0.3, 0.4) is 0 Å². The van der Waals surface area contributed by atoms with Gasteiger partial charge in [-0.15, -0.1) is 12.3 Å². The number of rotatable bonds is 7. The minimum absolute atomic E-state index is 0.00278. The third kappa shape index (κ3) is 4.81. The maximum absolute atomic E-state index is 13.4. The molecule has 0 aliphatic carbocycles. The zero-order valence-corrected chi connectivity index (χ0v) is 16.4. The molecule has 1 aromatic carbocycles. The number of carbonyl (C=O) groups is 3. The normalized spacial score (nSPS) is 11.5. The van der Waals surface area contributed by atoms with Gasteiger partial charge in [0.15, 0.2) is 0 Å². The van der Waals surface area contributed by atoms with Gasteiger partial charge < -0.3 is 16.4 Å². The SMILES string of the molecule is C#CC[C@@H](NC(=O)c1cc(C(=O)NCc2ccc(F)c(C)c2)nc2ncnn12)C(N)=O. The van der Waals surface area contributed by atoms with Gasteiger partial charge in [0.25, 0.3) is 17.6 Å². The molecule has 0 fully saturated rings. The number of nitrogens with two attached hydrogens (primary N) is 1. The summed E-state index contributed by atoms with van der Waals surface area (Å²) in [5.74, 6) is -0.209. The van der Waals surface area contributed by atoms with Gasteiger partial charge in [0.2, 0.25) is 5.91 Å². The van der Waals surface area contributed by atoms with Crippen LogP contribution >= 0.6 is 0 Å². The van der Waals surface area contributed by atoms with E-state index >= 15 is 0 Å². The highest BCUT2D eigenvalue weighted by Crippen LogP contribution is 2.10. The number of halogens is 1. The van der Waals surface area contributed by atoms with Crippen molar-refractivity contribution in [1.29, 1.82) is 0 Å². The smallest absolute Gasteiger partial charge is 0.270 e. The van der Waals surface area contributed by atoms with Gasteiger partial charge in [-0.05, 0) is 24.1 Å². The summed E-state index contributed by atoms with van der Waals surface area (Å²) in [4.78, 5) is 44.8. The Bertz CT molecular complexity index is 1220. The van der Waals surface area contributed by atoms with Gasteiger partial charge in [-0.2, -0.15) is 14.6 Å². The molecule has 4 N–H and O–H groups in total. The number of fused-ring (bicyclic) bond motifs is 1. The topological polar surface area (TPSA) is 144 Å². The van der Waals surface area contributed by atoms with E-state index in [1.807, 2.05) is 0 Å². The number of hydrogen-bond acceptors (Lipinski definition) is 6. The van der Waals surface area contributed by atoms with Gasteiger partial charge in [-0.25, -0.2) is 9.37 Å². The van der Waals surface area contributed by atoms with E-state index in [2.05, 4.69) is 31.6 Å². The number of nitrogens with one attached hydrogen (secondary N) is 2. The van der Waals surface area contributed by atoms with E-state index in [4.69, 9.17) is 12.2 Å². The molecule has 10 nitrogen and oxygen atoms in total. The van der Waals surface area contributed by atoms with E-state index in [0.717, 1.165) is 10.8 Å². The number of benzene rings is 1. The van der Waals surface area contributed by atoms with Crippen LogP contribution in [0.15, 0.2) is 30.6 Å². The molecule has 3 amide bonds. The fourth-order valence-electron chi connectivity index (χ4n) is 2.75. The minimum atomic E-state index is -1.09. The van der Waals surface area contributed by atoms with Crippen LogP contribution in [0.5, 0.6) is 0 Å². The number of amides is 3. The van der Waals surface area contributed by atoms with E-state index < -0.39 is 23.8 Å². The molecule has 0 saturated heterocycles. The maximum Gasteiger partial charge on any atom is 0.270 e. The van der Waals surface area contributed by atoms with Crippen LogP contribution in [0, 0.1) is 25.1 Å². The highest BCUT2D eigenvalue weighted by atomic mass is 19.1. The first-order valence-electron chi connectivity index (χ1n) is 9.07. The van der Waals surface area contributed by atoms with E-state index in [1.165, 1.54) is 12.1 Å². The molecule has 0 aliphatic rings. The Morgan fingerprint density at radius 1 is 1.29 bits per heavy atom.